The smallest absolute Gasteiger partial charge is 0.259 e. The zero-order chi connectivity index (χ0) is 9.97. The Kier molecular flexibility index (Phi) is 2.31. The molecule has 0 aliphatic carbocycles. The highest BCUT2D eigenvalue weighted by atomic mass is 16.1. The van der Waals surface area contributed by atoms with Crippen molar-refractivity contribution in [2.75, 3.05) is 0 Å². The molecular formula is C11H12N2O. The molecule has 3 nitrogen and oxygen atoms in total. The lowest BCUT2D eigenvalue weighted by molar-refractivity contribution is 0.659. The maximum atomic E-state index is 11.8. The quantitative estimate of drug-likeness (QED) is 0.720. The molecular weight excluding hydrogens is 176 g/mol. The van der Waals surface area contributed by atoms with Crippen molar-refractivity contribution in [2.24, 2.45) is 0 Å². The van der Waals surface area contributed by atoms with Crippen LogP contribution >= 0.6 is 0 Å². The Balaban J connectivity index is 2.69. The van der Waals surface area contributed by atoms with Crippen LogP contribution in [0.3, 0.4) is 0 Å². The van der Waals surface area contributed by atoms with Crippen molar-refractivity contribution >= 4 is 10.8 Å². The molecule has 0 saturated heterocycles. The number of nitrogens with zero attached hydrogens (tertiary/aromatic N) is 2. The minimum absolute atomic E-state index is 0.0532. The molecule has 0 N–H and O–H groups in total. The van der Waals surface area contributed by atoms with E-state index in [4.69, 9.17) is 0 Å². The summed E-state index contributed by atoms with van der Waals surface area (Å²) in [6.07, 6.45) is 6.13. The lowest BCUT2D eigenvalue weighted by atomic mass is 10.2. The first kappa shape index (κ1) is 8.94. The molecule has 0 bridgehead atoms. The average Bonchev–Trinajstić information content (AvgIpc) is 2.23. The molecule has 0 aliphatic heterocycles. The topological polar surface area (TPSA) is 34.9 Å². The summed E-state index contributed by atoms with van der Waals surface area (Å²) >= 11 is 0. The van der Waals surface area contributed by atoms with E-state index in [-0.39, 0.29) is 5.56 Å². The fourth-order valence-corrected chi connectivity index (χ4v) is 1.54. The number of hydrogen-bond donors (Lipinski definition) is 0. The van der Waals surface area contributed by atoms with Crippen LogP contribution in [0, 0.1) is 0 Å². The summed E-state index contributed by atoms with van der Waals surface area (Å²) < 4.78 is 1.73. The number of aryl methyl sites for hydroxylation is 1. The number of pyridine rings is 2. The van der Waals surface area contributed by atoms with Crippen molar-refractivity contribution in [3.05, 3.63) is 41.1 Å². The van der Waals surface area contributed by atoms with Crippen LogP contribution in [-0.4, -0.2) is 9.55 Å². The maximum Gasteiger partial charge on any atom is 0.259 e. The van der Waals surface area contributed by atoms with Gasteiger partial charge in [-0.1, -0.05) is 6.92 Å². The van der Waals surface area contributed by atoms with E-state index in [0.717, 1.165) is 18.4 Å². The summed E-state index contributed by atoms with van der Waals surface area (Å²) in [5.41, 5.74) is 0.0532. The van der Waals surface area contributed by atoms with Crippen molar-refractivity contribution in [3.8, 4) is 0 Å². The van der Waals surface area contributed by atoms with Crippen LogP contribution in [0.2, 0.25) is 0 Å². The van der Waals surface area contributed by atoms with Gasteiger partial charge in [0.25, 0.3) is 5.56 Å². The lowest BCUT2D eigenvalue weighted by Crippen LogP contribution is -2.19. The van der Waals surface area contributed by atoms with Crippen molar-refractivity contribution in [1.29, 1.82) is 0 Å². The van der Waals surface area contributed by atoms with E-state index >= 15 is 0 Å². The molecule has 2 rings (SSSR count). The van der Waals surface area contributed by atoms with Gasteiger partial charge in [-0.3, -0.25) is 9.78 Å². The van der Waals surface area contributed by atoms with Gasteiger partial charge in [-0.15, -0.1) is 0 Å². The highest BCUT2D eigenvalue weighted by molar-refractivity contribution is 5.80. The Hall–Kier alpha value is -1.64. The Bertz CT molecular complexity index is 502. The molecule has 0 unspecified atom stereocenters. The number of fused-ring (bicyclic) bond motifs is 1. The molecule has 0 radical (unpaired) electrons. The van der Waals surface area contributed by atoms with Gasteiger partial charge >= 0.3 is 0 Å². The second-order valence-corrected chi connectivity index (χ2v) is 3.28. The van der Waals surface area contributed by atoms with Gasteiger partial charge in [0.05, 0.1) is 5.39 Å². The SMILES string of the molecule is CCCn1ccc2ccncc2c1=O. The summed E-state index contributed by atoms with van der Waals surface area (Å²) in [6.45, 7) is 2.82. The van der Waals surface area contributed by atoms with Crippen molar-refractivity contribution < 1.29 is 0 Å². The summed E-state index contributed by atoms with van der Waals surface area (Å²) in [5.74, 6) is 0. The number of rotatable bonds is 2. The molecule has 2 heterocycles. The van der Waals surface area contributed by atoms with E-state index in [1.165, 1.54) is 0 Å². The molecule has 2 aromatic heterocycles. The minimum Gasteiger partial charge on any atom is -0.315 e. The zero-order valence-corrected chi connectivity index (χ0v) is 8.10. The minimum atomic E-state index is 0.0532. The molecule has 14 heavy (non-hydrogen) atoms. The van der Waals surface area contributed by atoms with E-state index in [2.05, 4.69) is 11.9 Å². The van der Waals surface area contributed by atoms with Gasteiger partial charge in [0.1, 0.15) is 0 Å². The third kappa shape index (κ3) is 1.41. The van der Waals surface area contributed by atoms with Gasteiger partial charge in [0.15, 0.2) is 0 Å². The molecule has 0 aliphatic rings. The third-order valence-electron chi connectivity index (χ3n) is 2.24. The van der Waals surface area contributed by atoms with E-state index in [0.29, 0.717) is 5.39 Å². The van der Waals surface area contributed by atoms with E-state index in [1.807, 2.05) is 18.3 Å². The zero-order valence-electron chi connectivity index (χ0n) is 8.10. The first-order chi connectivity index (χ1) is 6.83. The summed E-state index contributed by atoms with van der Waals surface area (Å²) in [6, 6.07) is 3.81. The van der Waals surface area contributed by atoms with E-state index in [9.17, 15) is 4.79 Å². The molecule has 0 atom stereocenters. The van der Waals surface area contributed by atoms with Gasteiger partial charge in [-0.25, -0.2) is 0 Å². The van der Waals surface area contributed by atoms with Gasteiger partial charge in [0, 0.05) is 25.1 Å². The Morgan fingerprint density at radius 1 is 1.43 bits per heavy atom. The van der Waals surface area contributed by atoms with Crippen molar-refractivity contribution in [3.63, 3.8) is 0 Å². The second kappa shape index (κ2) is 3.62. The van der Waals surface area contributed by atoms with E-state index in [1.54, 1.807) is 17.0 Å². The van der Waals surface area contributed by atoms with Gasteiger partial charge in [0.2, 0.25) is 0 Å². The van der Waals surface area contributed by atoms with Crippen LogP contribution in [-0.2, 0) is 6.54 Å². The highest BCUT2D eigenvalue weighted by Crippen LogP contribution is 2.06. The Labute approximate surface area is 82.0 Å². The van der Waals surface area contributed by atoms with E-state index < -0.39 is 0 Å². The van der Waals surface area contributed by atoms with Crippen LogP contribution in [0.4, 0.5) is 0 Å². The molecule has 72 valence electrons. The highest BCUT2D eigenvalue weighted by Gasteiger charge is 2.00. The fraction of sp³-hybridized carbons (Fsp3) is 0.273. The first-order valence-corrected chi connectivity index (χ1v) is 4.76. The average molecular weight is 188 g/mol. The Morgan fingerprint density at radius 3 is 3.07 bits per heavy atom. The maximum absolute atomic E-state index is 11.8. The fourth-order valence-electron chi connectivity index (χ4n) is 1.54. The monoisotopic (exact) mass is 188 g/mol. The Morgan fingerprint density at radius 2 is 2.29 bits per heavy atom. The van der Waals surface area contributed by atoms with Crippen LogP contribution < -0.4 is 5.56 Å². The van der Waals surface area contributed by atoms with Gasteiger partial charge in [-0.2, -0.15) is 0 Å². The predicted molar refractivity (Wildman–Crippen MR) is 56.3 cm³/mol. The predicted octanol–water partition coefficient (Wildman–Crippen LogP) is 1.81. The molecule has 0 aromatic carbocycles. The summed E-state index contributed by atoms with van der Waals surface area (Å²) in [7, 11) is 0. The largest absolute Gasteiger partial charge is 0.315 e. The molecule has 0 spiro atoms. The molecule has 0 amide bonds. The number of hydrogen-bond acceptors (Lipinski definition) is 2. The molecule has 0 saturated carbocycles. The van der Waals surface area contributed by atoms with Gasteiger partial charge in [-0.05, 0) is 23.9 Å². The summed E-state index contributed by atoms with van der Waals surface area (Å²) in [5, 5.41) is 1.65. The molecule has 3 heteroatoms. The normalized spacial score (nSPS) is 10.6. The summed E-state index contributed by atoms with van der Waals surface area (Å²) in [4.78, 5) is 15.8. The molecule has 2 aromatic rings. The van der Waals surface area contributed by atoms with Crippen LogP contribution in [0.15, 0.2) is 35.5 Å². The van der Waals surface area contributed by atoms with Crippen LogP contribution in [0.25, 0.3) is 10.8 Å². The first-order valence-electron chi connectivity index (χ1n) is 4.76. The number of aromatic nitrogens is 2. The lowest BCUT2D eigenvalue weighted by Gasteiger charge is -2.04. The second-order valence-electron chi connectivity index (χ2n) is 3.28. The standard InChI is InChI=1S/C11H12N2O/c1-2-6-13-7-4-9-3-5-12-8-10(9)11(13)14/h3-5,7-8H,2,6H2,1H3. The van der Waals surface area contributed by atoms with Gasteiger partial charge < -0.3 is 4.57 Å². The van der Waals surface area contributed by atoms with Crippen molar-refractivity contribution in [1.82, 2.24) is 9.55 Å². The van der Waals surface area contributed by atoms with Crippen LogP contribution in [0.5, 0.6) is 0 Å². The van der Waals surface area contributed by atoms with Crippen LogP contribution in [0.1, 0.15) is 13.3 Å². The third-order valence-corrected chi connectivity index (χ3v) is 2.24. The van der Waals surface area contributed by atoms with Crippen molar-refractivity contribution in [2.45, 2.75) is 19.9 Å². The molecule has 0 fully saturated rings.